The molecule has 1 aliphatic rings. The summed E-state index contributed by atoms with van der Waals surface area (Å²) in [4.78, 5) is 0. The Morgan fingerprint density at radius 1 is 1.38 bits per heavy atom. The quantitative estimate of drug-likeness (QED) is 0.907. The maximum absolute atomic E-state index is 14.2. The van der Waals surface area contributed by atoms with Crippen LogP contribution in [0.5, 0.6) is 5.75 Å². The van der Waals surface area contributed by atoms with Crippen molar-refractivity contribution in [2.24, 2.45) is 0 Å². The molecule has 0 radical (unpaired) electrons. The lowest BCUT2D eigenvalue weighted by Gasteiger charge is -2.12. The molecule has 1 fully saturated rings. The number of phenolic OH excluding ortho intramolecular Hbond substituents is 1. The molecule has 2 heterocycles. The van der Waals surface area contributed by atoms with E-state index < -0.39 is 24.0 Å². The molecule has 0 aliphatic carbocycles. The van der Waals surface area contributed by atoms with E-state index in [9.17, 15) is 14.6 Å². The van der Waals surface area contributed by atoms with E-state index in [1.165, 1.54) is 6.26 Å². The molecule has 0 saturated carbocycles. The lowest BCUT2D eigenvalue weighted by Crippen LogP contribution is -2.02. The molecule has 114 valence electrons. The minimum absolute atomic E-state index is 0.00911. The van der Waals surface area contributed by atoms with Crippen LogP contribution in [0.15, 0.2) is 16.7 Å². The van der Waals surface area contributed by atoms with E-state index in [1.54, 1.807) is 13.0 Å². The number of furan rings is 1. The molecule has 5 nitrogen and oxygen atoms in total. The van der Waals surface area contributed by atoms with E-state index in [1.807, 2.05) is 0 Å². The van der Waals surface area contributed by atoms with Crippen molar-refractivity contribution in [1.29, 1.82) is 0 Å². The molecule has 6 heteroatoms. The molecule has 0 bridgehead atoms. The molecule has 1 atom stereocenters. The zero-order chi connectivity index (χ0) is 15.0. The van der Waals surface area contributed by atoms with Gasteiger partial charge in [0.15, 0.2) is 17.6 Å². The van der Waals surface area contributed by atoms with Crippen LogP contribution in [0.25, 0.3) is 11.0 Å². The third-order valence-electron chi connectivity index (χ3n) is 3.60. The van der Waals surface area contributed by atoms with Gasteiger partial charge in [0.25, 0.3) is 0 Å². The number of ether oxygens (including phenoxy) is 2. The van der Waals surface area contributed by atoms with E-state index in [-0.39, 0.29) is 11.1 Å². The van der Waals surface area contributed by atoms with Crippen molar-refractivity contribution in [2.45, 2.75) is 32.2 Å². The molecule has 0 amide bonds. The second kappa shape index (κ2) is 5.63. The van der Waals surface area contributed by atoms with Crippen LogP contribution in [0.4, 0.5) is 4.39 Å². The largest absolute Gasteiger partial charge is 0.504 e. The maximum Gasteiger partial charge on any atom is 0.208 e. The first-order valence-electron chi connectivity index (χ1n) is 6.90. The Hall–Kier alpha value is -1.63. The number of aliphatic hydroxyl groups is 1. The van der Waals surface area contributed by atoms with Crippen LogP contribution in [0.1, 0.15) is 30.8 Å². The highest BCUT2D eigenvalue weighted by Gasteiger charge is 2.27. The van der Waals surface area contributed by atoms with Gasteiger partial charge in [-0.25, -0.2) is 0 Å². The molecule has 0 unspecified atom stereocenters. The van der Waals surface area contributed by atoms with Crippen LogP contribution < -0.4 is 0 Å². The zero-order valence-electron chi connectivity index (χ0n) is 11.6. The summed E-state index contributed by atoms with van der Waals surface area (Å²) in [6, 6.07) is 1.63. The van der Waals surface area contributed by atoms with E-state index in [2.05, 4.69) is 0 Å². The summed E-state index contributed by atoms with van der Waals surface area (Å²) in [5.74, 6) is -1.32. The predicted molar refractivity (Wildman–Crippen MR) is 72.5 cm³/mol. The van der Waals surface area contributed by atoms with Crippen molar-refractivity contribution >= 4 is 11.0 Å². The van der Waals surface area contributed by atoms with Crippen molar-refractivity contribution < 1.29 is 28.5 Å². The van der Waals surface area contributed by atoms with E-state index in [4.69, 9.17) is 13.9 Å². The number of aliphatic hydroxyl groups excluding tert-OH is 1. The lowest BCUT2D eigenvalue weighted by atomic mass is 10.0. The molecule has 2 N–H and O–H groups in total. The van der Waals surface area contributed by atoms with Gasteiger partial charge in [0.05, 0.1) is 31.1 Å². The van der Waals surface area contributed by atoms with Gasteiger partial charge < -0.3 is 24.1 Å². The first kappa shape index (κ1) is 14.3. The van der Waals surface area contributed by atoms with Gasteiger partial charge in [-0.1, -0.05) is 0 Å². The third-order valence-corrected chi connectivity index (χ3v) is 3.60. The summed E-state index contributed by atoms with van der Waals surface area (Å²) in [6.07, 6.45) is 1.35. The molecular formula is C15H17FO5. The van der Waals surface area contributed by atoms with Crippen molar-refractivity contribution in [3.8, 4) is 5.75 Å². The molecule has 0 spiro atoms. The van der Waals surface area contributed by atoms with Crippen molar-refractivity contribution in [3.63, 3.8) is 0 Å². The maximum atomic E-state index is 14.2. The van der Waals surface area contributed by atoms with Crippen LogP contribution in [0.3, 0.4) is 0 Å². The Labute approximate surface area is 120 Å². The van der Waals surface area contributed by atoms with E-state index >= 15 is 0 Å². The number of benzene rings is 1. The number of hydrogen-bond donors (Lipinski definition) is 2. The lowest BCUT2D eigenvalue weighted by molar-refractivity contribution is -0.0456. The van der Waals surface area contributed by atoms with Crippen molar-refractivity contribution in [3.05, 3.63) is 29.3 Å². The summed E-state index contributed by atoms with van der Waals surface area (Å²) in [5.41, 5.74) is 1.05. The fraction of sp³-hybridized carbons (Fsp3) is 0.467. The minimum Gasteiger partial charge on any atom is -0.504 e. The van der Waals surface area contributed by atoms with Crippen LogP contribution in [0, 0.1) is 5.82 Å². The summed E-state index contributed by atoms with van der Waals surface area (Å²) < 4.78 is 30.1. The van der Waals surface area contributed by atoms with Crippen LogP contribution >= 0.6 is 0 Å². The highest BCUT2D eigenvalue weighted by Crippen LogP contribution is 2.38. The van der Waals surface area contributed by atoms with Crippen molar-refractivity contribution in [2.75, 3.05) is 13.2 Å². The second-order valence-electron chi connectivity index (χ2n) is 5.23. The number of phenols is 1. The highest BCUT2D eigenvalue weighted by molar-refractivity contribution is 5.84. The average Bonchev–Trinajstić information content (AvgIpc) is 3.09. The van der Waals surface area contributed by atoms with Crippen LogP contribution in [-0.2, 0) is 15.9 Å². The molecule has 1 aromatic heterocycles. The first-order valence-corrected chi connectivity index (χ1v) is 6.90. The topological polar surface area (TPSA) is 72.1 Å². The second-order valence-corrected chi connectivity index (χ2v) is 5.23. The normalized spacial score (nSPS) is 17.7. The van der Waals surface area contributed by atoms with Gasteiger partial charge in [0.1, 0.15) is 0 Å². The Bertz CT molecular complexity index is 643. The molecule has 1 aliphatic heterocycles. The third kappa shape index (κ3) is 2.62. The fourth-order valence-electron chi connectivity index (χ4n) is 2.46. The number of hydrogen-bond acceptors (Lipinski definition) is 5. The van der Waals surface area contributed by atoms with Gasteiger partial charge in [-0.3, -0.25) is 0 Å². The van der Waals surface area contributed by atoms with Gasteiger partial charge in [0, 0.05) is 5.39 Å². The predicted octanol–water partition coefficient (Wildman–Crippen LogP) is 2.64. The Morgan fingerprint density at radius 2 is 2.10 bits per heavy atom. The molecule has 21 heavy (non-hydrogen) atoms. The first-order chi connectivity index (χ1) is 10.1. The minimum atomic E-state index is -0.815. The summed E-state index contributed by atoms with van der Waals surface area (Å²) in [6.45, 7) is 2.51. The number of aryl methyl sites for hydroxylation is 1. The van der Waals surface area contributed by atoms with Gasteiger partial charge >= 0.3 is 0 Å². The van der Waals surface area contributed by atoms with Gasteiger partial charge in [-0.15, -0.1) is 0 Å². The number of halogens is 1. The summed E-state index contributed by atoms with van der Waals surface area (Å²) >= 11 is 0. The van der Waals surface area contributed by atoms with Crippen LogP contribution in [-0.4, -0.2) is 29.5 Å². The van der Waals surface area contributed by atoms with Crippen LogP contribution in [0.2, 0.25) is 0 Å². The average molecular weight is 296 g/mol. The highest BCUT2D eigenvalue weighted by atomic mass is 19.1. The Kier molecular flexibility index (Phi) is 3.84. The summed E-state index contributed by atoms with van der Waals surface area (Å²) in [5, 5.41) is 19.9. The van der Waals surface area contributed by atoms with Gasteiger partial charge in [-0.05, 0) is 31.4 Å². The Balaban J connectivity index is 2.04. The number of aromatic hydroxyl groups is 1. The molecule has 1 saturated heterocycles. The van der Waals surface area contributed by atoms with Gasteiger partial charge in [-0.2, -0.15) is 4.39 Å². The molecule has 2 aromatic rings. The fourth-order valence-corrected chi connectivity index (χ4v) is 2.46. The SMILES string of the molecule is C[C@H](O)CCc1coc2c(F)c(O)c(C3OCCO3)cc12. The van der Waals surface area contributed by atoms with E-state index in [0.29, 0.717) is 31.4 Å². The molecular weight excluding hydrogens is 279 g/mol. The smallest absolute Gasteiger partial charge is 0.208 e. The molecule has 1 aromatic carbocycles. The Morgan fingerprint density at radius 3 is 2.76 bits per heavy atom. The zero-order valence-corrected chi connectivity index (χ0v) is 11.6. The number of rotatable bonds is 4. The summed E-state index contributed by atoms with van der Waals surface area (Å²) in [7, 11) is 0. The van der Waals surface area contributed by atoms with Gasteiger partial charge in [0.2, 0.25) is 5.82 Å². The molecule has 3 rings (SSSR count). The van der Waals surface area contributed by atoms with E-state index in [0.717, 1.165) is 5.56 Å². The standard InChI is InChI=1S/C15H17FO5/c1-8(17)2-3-9-7-21-14-10(9)6-11(13(18)12(14)16)15-19-4-5-20-15/h6-8,15,17-18H,2-5H2,1H3/t8-/m0/s1. The number of fused-ring (bicyclic) bond motifs is 1. The monoisotopic (exact) mass is 296 g/mol. The van der Waals surface area contributed by atoms with Crippen molar-refractivity contribution in [1.82, 2.24) is 0 Å².